The number of aromatic nitrogens is 1. The van der Waals surface area contributed by atoms with Crippen molar-refractivity contribution in [2.75, 3.05) is 11.5 Å². The van der Waals surface area contributed by atoms with Gasteiger partial charge in [0, 0.05) is 0 Å². The smallest absolute Gasteiger partial charge is 0.416 e. The summed E-state index contributed by atoms with van der Waals surface area (Å²) >= 11 is 0. The van der Waals surface area contributed by atoms with Crippen LogP contribution in [0.5, 0.6) is 0 Å². The van der Waals surface area contributed by atoms with Gasteiger partial charge in [0.1, 0.15) is 12.4 Å². The maximum Gasteiger partial charge on any atom is 0.416 e. The van der Waals surface area contributed by atoms with Gasteiger partial charge in [-0.1, -0.05) is 0 Å². The third-order valence-corrected chi connectivity index (χ3v) is 2.78. The first-order chi connectivity index (χ1) is 8.33. The molecule has 0 atom stereocenters. The maximum atomic E-state index is 13.6. The minimum atomic E-state index is -0.879. The number of rotatable bonds is 2. The van der Waals surface area contributed by atoms with E-state index in [1.54, 1.807) is 13.8 Å². The topological polar surface area (TPSA) is 59.5 Å². The highest BCUT2D eigenvalue weighted by Crippen LogP contribution is 2.29. The highest BCUT2D eigenvalue weighted by Gasteiger charge is 2.42. The number of cyclic esters (lactones) is 1. The van der Waals surface area contributed by atoms with E-state index in [0.29, 0.717) is 0 Å². The number of anilines is 1. The Hall–Kier alpha value is -1.98. The van der Waals surface area contributed by atoms with Crippen molar-refractivity contribution in [3.8, 4) is 0 Å². The molecule has 0 radical (unpaired) electrons. The van der Waals surface area contributed by atoms with E-state index in [2.05, 4.69) is 4.98 Å². The molecular formula is C12H13FN2O3. The molecule has 2 rings (SSSR count). The number of carbonyl (C=O) groups is 2. The third kappa shape index (κ3) is 1.94. The van der Waals surface area contributed by atoms with Crippen LogP contribution in [0.4, 0.5) is 15.0 Å². The molecule has 0 aromatic carbocycles. The molecular weight excluding hydrogens is 239 g/mol. The van der Waals surface area contributed by atoms with E-state index in [0.717, 1.165) is 0 Å². The van der Waals surface area contributed by atoms with Gasteiger partial charge in [-0.05, 0) is 32.9 Å². The van der Waals surface area contributed by atoms with Crippen LogP contribution >= 0.6 is 0 Å². The van der Waals surface area contributed by atoms with E-state index < -0.39 is 23.4 Å². The molecule has 1 aromatic rings. The number of amides is 1. The monoisotopic (exact) mass is 252 g/mol. The van der Waals surface area contributed by atoms with Gasteiger partial charge in [-0.15, -0.1) is 0 Å². The molecule has 0 bridgehead atoms. The summed E-state index contributed by atoms with van der Waals surface area (Å²) in [5, 5.41) is 0. The molecule has 1 aromatic heterocycles. The summed E-state index contributed by atoms with van der Waals surface area (Å²) in [7, 11) is 0. The predicted molar refractivity (Wildman–Crippen MR) is 62.1 cm³/mol. The summed E-state index contributed by atoms with van der Waals surface area (Å²) in [4.78, 5) is 27.6. The Balaban J connectivity index is 2.43. The largest absolute Gasteiger partial charge is 0.447 e. The summed E-state index contributed by atoms with van der Waals surface area (Å²) in [6.45, 7) is 5.05. The number of carbonyl (C=O) groups excluding carboxylic acids is 2. The minimum absolute atomic E-state index is 0.0934. The fraction of sp³-hybridized carbons (Fsp3) is 0.417. The van der Waals surface area contributed by atoms with E-state index in [9.17, 15) is 14.0 Å². The zero-order valence-electron chi connectivity index (χ0n) is 10.4. The Labute approximate surface area is 104 Å². The lowest BCUT2D eigenvalue weighted by molar-refractivity contribution is 0.101. The fourth-order valence-electron chi connectivity index (χ4n) is 1.83. The minimum Gasteiger partial charge on any atom is -0.447 e. The van der Waals surface area contributed by atoms with E-state index in [4.69, 9.17) is 4.74 Å². The van der Waals surface area contributed by atoms with Crippen LogP contribution in [0.1, 0.15) is 31.1 Å². The van der Waals surface area contributed by atoms with E-state index in [1.807, 2.05) is 0 Å². The first-order valence-electron chi connectivity index (χ1n) is 5.47. The SMILES string of the molecule is CC(=O)c1ccc(N2C(=O)OCC2(C)C)nc1F. The van der Waals surface area contributed by atoms with Gasteiger partial charge >= 0.3 is 6.09 Å². The van der Waals surface area contributed by atoms with Gasteiger partial charge in [0.15, 0.2) is 5.78 Å². The van der Waals surface area contributed by atoms with Crippen LogP contribution < -0.4 is 4.90 Å². The average molecular weight is 252 g/mol. The highest BCUT2D eigenvalue weighted by atomic mass is 19.1. The molecule has 96 valence electrons. The van der Waals surface area contributed by atoms with Crippen molar-refractivity contribution in [2.24, 2.45) is 0 Å². The Bertz CT molecular complexity index is 528. The molecule has 2 heterocycles. The number of halogens is 1. The van der Waals surface area contributed by atoms with Gasteiger partial charge in [-0.3, -0.25) is 9.69 Å². The lowest BCUT2D eigenvalue weighted by Gasteiger charge is -2.26. The maximum absolute atomic E-state index is 13.6. The Kier molecular flexibility index (Phi) is 2.80. The zero-order valence-corrected chi connectivity index (χ0v) is 10.4. The number of nitrogens with zero attached hydrogens (tertiary/aromatic N) is 2. The molecule has 0 saturated carbocycles. The van der Waals surface area contributed by atoms with Crippen molar-refractivity contribution in [1.29, 1.82) is 0 Å². The van der Waals surface area contributed by atoms with Crippen LogP contribution in [0.25, 0.3) is 0 Å². The summed E-state index contributed by atoms with van der Waals surface area (Å²) in [5.74, 6) is -1.14. The van der Waals surface area contributed by atoms with Crippen LogP contribution in [0.15, 0.2) is 12.1 Å². The third-order valence-electron chi connectivity index (χ3n) is 2.78. The van der Waals surface area contributed by atoms with Gasteiger partial charge < -0.3 is 4.74 Å². The van der Waals surface area contributed by atoms with E-state index in [-0.39, 0.29) is 18.0 Å². The van der Waals surface area contributed by atoms with Crippen LogP contribution in [-0.4, -0.2) is 29.0 Å². The molecule has 6 heteroatoms. The van der Waals surface area contributed by atoms with E-state index >= 15 is 0 Å². The van der Waals surface area contributed by atoms with Crippen LogP contribution in [0.2, 0.25) is 0 Å². The Morgan fingerprint density at radius 1 is 1.50 bits per heavy atom. The van der Waals surface area contributed by atoms with Crippen molar-refractivity contribution in [2.45, 2.75) is 26.3 Å². The summed E-state index contributed by atoms with van der Waals surface area (Å²) in [6.07, 6.45) is -0.567. The van der Waals surface area contributed by atoms with Crippen LogP contribution in [-0.2, 0) is 4.74 Å². The van der Waals surface area contributed by atoms with Gasteiger partial charge in [-0.2, -0.15) is 4.39 Å². The van der Waals surface area contributed by atoms with Crippen molar-refractivity contribution >= 4 is 17.7 Å². The van der Waals surface area contributed by atoms with Gasteiger partial charge in [-0.25, -0.2) is 9.78 Å². The highest BCUT2D eigenvalue weighted by molar-refractivity contribution is 5.95. The van der Waals surface area contributed by atoms with Gasteiger partial charge in [0.25, 0.3) is 0 Å². The molecule has 1 aliphatic rings. The molecule has 1 fully saturated rings. The van der Waals surface area contributed by atoms with Crippen molar-refractivity contribution in [1.82, 2.24) is 4.98 Å². The summed E-state index contributed by atoms with van der Waals surface area (Å²) < 4.78 is 18.5. The Morgan fingerprint density at radius 3 is 2.61 bits per heavy atom. The second-order valence-corrected chi connectivity index (χ2v) is 4.77. The number of ether oxygens (including phenoxy) is 1. The van der Waals surface area contributed by atoms with Gasteiger partial charge in [0.2, 0.25) is 5.95 Å². The van der Waals surface area contributed by atoms with Crippen molar-refractivity contribution in [3.05, 3.63) is 23.6 Å². The number of pyridine rings is 1. The van der Waals surface area contributed by atoms with Crippen LogP contribution in [0.3, 0.4) is 0 Å². The second-order valence-electron chi connectivity index (χ2n) is 4.77. The number of hydrogen-bond acceptors (Lipinski definition) is 4. The lowest BCUT2D eigenvalue weighted by atomic mass is 10.1. The molecule has 5 nitrogen and oxygen atoms in total. The van der Waals surface area contributed by atoms with Crippen LogP contribution in [0, 0.1) is 5.95 Å². The summed E-state index contributed by atoms with van der Waals surface area (Å²) in [6, 6.07) is 2.76. The predicted octanol–water partition coefficient (Wildman–Crippen LogP) is 2.16. The second kappa shape index (κ2) is 4.04. The fourth-order valence-corrected chi connectivity index (χ4v) is 1.83. The van der Waals surface area contributed by atoms with Gasteiger partial charge in [0.05, 0.1) is 11.1 Å². The molecule has 0 unspecified atom stereocenters. The zero-order chi connectivity index (χ0) is 13.5. The van der Waals surface area contributed by atoms with Crippen molar-refractivity contribution in [3.63, 3.8) is 0 Å². The molecule has 1 aliphatic heterocycles. The lowest BCUT2D eigenvalue weighted by Crippen LogP contribution is -2.42. The first-order valence-corrected chi connectivity index (χ1v) is 5.47. The number of Topliss-reactive ketones (excluding diaryl/α,β-unsaturated/α-hetero) is 1. The number of hydrogen-bond donors (Lipinski definition) is 0. The molecule has 1 amide bonds. The average Bonchev–Trinajstić information content (AvgIpc) is 2.52. The van der Waals surface area contributed by atoms with Crippen molar-refractivity contribution < 1.29 is 18.7 Å². The van der Waals surface area contributed by atoms with E-state index in [1.165, 1.54) is 24.0 Å². The molecule has 1 saturated heterocycles. The summed E-state index contributed by atoms with van der Waals surface area (Å²) in [5.41, 5.74) is -0.682. The Morgan fingerprint density at radius 2 is 2.17 bits per heavy atom. The normalized spacial score (nSPS) is 17.8. The molecule has 0 spiro atoms. The quantitative estimate of drug-likeness (QED) is 0.597. The standard InChI is InChI=1S/C12H13FN2O3/c1-7(16)8-4-5-9(14-10(8)13)15-11(17)18-6-12(15,2)3/h4-5H,6H2,1-3H3. The first kappa shape index (κ1) is 12.5. The molecule has 18 heavy (non-hydrogen) atoms. The number of ketones is 1. The molecule has 0 aliphatic carbocycles. The molecule has 0 N–H and O–H groups in total.